The summed E-state index contributed by atoms with van der Waals surface area (Å²) in [7, 11) is 0. The van der Waals surface area contributed by atoms with Gasteiger partial charge in [-0.3, -0.25) is 24.1 Å². The number of imide groups is 2. The fourth-order valence-electron chi connectivity index (χ4n) is 5.63. The van der Waals surface area contributed by atoms with E-state index in [1.165, 1.54) is 15.9 Å². The molecule has 1 aromatic carbocycles. The number of benzene rings is 1. The van der Waals surface area contributed by atoms with Crippen LogP contribution in [0.4, 0.5) is 11.4 Å². The molecule has 1 aromatic rings. The van der Waals surface area contributed by atoms with Crippen molar-refractivity contribution in [3.05, 3.63) is 23.2 Å². The molecular formula is C22H23ClN2O4. The largest absolute Gasteiger partial charge is 0.274 e. The van der Waals surface area contributed by atoms with Crippen LogP contribution in [0, 0.1) is 23.7 Å². The number of hydrogen-bond donors (Lipinski definition) is 0. The standard InChI is InChI=1S/C22H23ClN2O4/c23-17-11-12(24-19(26)13-5-1-2-6-14(13)20(24)27)9-10-18(17)25-21(28)15-7-3-4-8-16(15)22(25)29/h9-11,13-16H,1-8H2/t13-,14+,15-,16+. The van der Waals surface area contributed by atoms with Crippen LogP contribution in [0.1, 0.15) is 51.4 Å². The number of halogens is 1. The molecule has 0 unspecified atom stereocenters. The lowest BCUT2D eigenvalue weighted by molar-refractivity contribution is -0.124. The zero-order valence-electron chi connectivity index (χ0n) is 16.1. The Morgan fingerprint density at radius 2 is 1.07 bits per heavy atom. The van der Waals surface area contributed by atoms with Gasteiger partial charge in [0.25, 0.3) is 0 Å². The van der Waals surface area contributed by atoms with E-state index in [2.05, 4.69) is 0 Å². The van der Waals surface area contributed by atoms with E-state index < -0.39 is 0 Å². The second kappa shape index (κ2) is 6.94. The van der Waals surface area contributed by atoms with Crippen LogP contribution in [0.2, 0.25) is 5.02 Å². The van der Waals surface area contributed by atoms with Gasteiger partial charge in [-0.05, 0) is 43.9 Å². The fourth-order valence-corrected chi connectivity index (χ4v) is 5.89. The van der Waals surface area contributed by atoms with Gasteiger partial charge in [0.2, 0.25) is 23.6 Å². The molecule has 4 atom stereocenters. The van der Waals surface area contributed by atoms with Crippen molar-refractivity contribution >= 4 is 46.6 Å². The molecule has 4 aliphatic rings. The Morgan fingerprint density at radius 1 is 0.655 bits per heavy atom. The van der Waals surface area contributed by atoms with Crippen LogP contribution < -0.4 is 9.80 Å². The smallest absolute Gasteiger partial charge is 0.237 e. The van der Waals surface area contributed by atoms with Gasteiger partial charge in [0, 0.05) is 0 Å². The van der Waals surface area contributed by atoms with Crippen molar-refractivity contribution in [2.45, 2.75) is 51.4 Å². The number of rotatable bonds is 2. The lowest BCUT2D eigenvalue weighted by atomic mass is 9.81. The maximum Gasteiger partial charge on any atom is 0.237 e. The number of nitrogens with zero attached hydrogens (tertiary/aromatic N) is 2. The molecule has 0 spiro atoms. The highest BCUT2D eigenvalue weighted by Crippen LogP contribution is 2.44. The van der Waals surface area contributed by atoms with Crippen molar-refractivity contribution in [1.29, 1.82) is 0 Å². The van der Waals surface area contributed by atoms with E-state index in [1.54, 1.807) is 12.1 Å². The molecule has 4 fully saturated rings. The van der Waals surface area contributed by atoms with E-state index in [0.717, 1.165) is 51.4 Å². The van der Waals surface area contributed by atoms with E-state index in [1.807, 2.05) is 0 Å². The van der Waals surface area contributed by atoms with Crippen LogP contribution in [0.15, 0.2) is 18.2 Å². The Balaban J connectivity index is 1.45. The van der Waals surface area contributed by atoms with Crippen LogP contribution in [-0.4, -0.2) is 23.6 Å². The van der Waals surface area contributed by atoms with Crippen molar-refractivity contribution in [2.75, 3.05) is 9.80 Å². The monoisotopic (exact) mass is 414 g/mol. The minimum atomic E-state index is -0.253. The van der Waals surface area contributed by atoms with E-state index in [9.17, 15) is 19.2 Å². The Hall–Kier alpha value is -2.21. The minimum Gasteiger partial charge on any atom is -0.274 e. The summed E-state index contributed by atoms with van der Waals surface area (Å²) in [6.07, 6.45) is 6.82. The predicted molar refractivity (Wildman–Crippen MR) is 107 cm³/mol. The summed E-state index contributed by atoms with van der Waals surface area (Å²) in [5, 5.41) is 0.207. The highest BCUT2D eigenvalue weighted by atomic mass is 35.5. The first-order chi connectivity index (χ1) is 14.0. The molecule has 152 valence electrons. The van der Waals surface area contributed by atoms with Gasteiger partial charge >= 0.3 is 0 Å². The quantitative estimate of drug-likeness (QED) is 0.691. The third-order valence-electron chi connectivity index (χ3n) is 7.11. The van der Waals surface area contributed by atoms with Gasteiger partial charge in [0.15, 0.2) is 0 Å². The number of hydrogen-bond acceptors (Lipinski definition) is 4. The number of anilines is 2. The zero-order valence-corrected chi connectivity index (χ0v) is 16.9. The molecule has 2 aliphatic carbocycles. The molecular weight excluding hydrogens is 392 g/mol. The summed E-state index contributed by atoms with van der Waals surface area (Å²) in [6, 6.07) is 4.75. The highest BCUT2D eigenvalue weighted by molar-refractivity contribution is 6.36. The van der Waals surface area contributed by atoms with E-state index in [4.69, 9.17) is 11.6 Å². The summed E-state index contributed by atoms with van der Waals surface area (Å²) in [6.45, 7) is 0. The van der Waals surface area contributed by atoms with Crippen LogP contribution in [-0.2, 0) is 19.2 Å². The average Bonchev–Trinajstić information content (AvgIpc) is 3.14. The SMILES string of the molecule is O=C1[C@H]2CCCC[C@H]2C(=O)N1c1ccc(N2C(=O)[C@H]3CCCC[C@H]3C2=O)c(Cl)c1. The van der Waals surface area contributed by atoms with Crippen molar-refractivity contribution < 1.29 is 19.2 Å². The second-order valence-corrected chi connectivity index (χ2v) is 9.06. The van der Waals surface area contributed by atoms with E-state index >= 15 is 0 Å². The summed E-state index contributed by atoms with van der Waals surface area (Å²) in [5.41, 5.74) is 0.760. The molecule has 5 rings (SSSR count). The van der Waals surface area contributed by atoms with Gasteiger partial charge in [0.05, 0.1) is 40.1 Å². The highest BCUT2D eigenvalue weighted by Gasteiger charge is 2.50. The lowest BCUT2D eigenvalue weighted by Gasteiger charge is -2.20. The number of carbonyl (C=O) groups is 4. The number of amides is 4. The zero-order chi connectivity index (χ0) is 20.3. The van der Waals surface area contributed by atoms with Gasteiger partial charge in [-0.1, -0.05) is 37.3 Å². The Morgan fingerprint density at radius 3 is 1.48 bits per heavy atom. The molecule has 0 aromatic heterocycles. The molecule has 6 nitrogen and oxygen atoms in total. The predicted octanol–water partition coefficient (Wildman–Crippen LogP) is 3.70. The van der Waals surface area contributed by atoms with Gasteiger partial charge < -0.3 is 0 Å². The van der Waals surface area contributed by atoms with Gasteiger partial charge in [0.1, 0.15) is 0 Å². The Kier molecular flexibility index (Phi) is 4.50. The number of fused-ring (bicyclic) bond motifs is 2. The normalized spacial score (nSPS) is 32.0. The fraction of sp³-hybridized carbons (Fsp3) is 0.545. The molecule has 2 heterocycles. The van der Waals surface area contributed by atoms with Crippen molar-refractivity contribution in [2.24, 2.45) is 23.7 Å². The third-order valence-corrected chi connectivity index (χ3v) is 7.42. The van der Waals surface area contributed by atoms with Crippen molar-refractivity contribution in [3.63, 3.8) is 0 Å². The molecule has 0 bridgehead atoms. The Labute approximate surface area is 174 Å². The van der Waals surface area contributed by atoms with Crippen molar-refractivity contribution in [1.82, 2.24) is 0 Å². The maximum absolute atomic E-state index is 12.8. The molecule has 0 radical (unpaired) electrons. The molecule has 0 N–H and O–H groups in total. The van der Waals surface area contributed by atoms with Gasteiger partial charge in [-0.25, -0.2) is 4.90 Å². The first-order valence-corrected chi connectivity index (χ1v) is 10.9. The van der Waals surface area contributed by atoms with Crippen molar-refractivity contribution in [3.8, 4) is 0 Å². The molecule has 2 saturated carbocycles. The summed E-state index contributed by atoms with van der Waals surface area (Å²) in [4.78, 5) is 53.8. The van der Waals surface area contributed by atoms with Crippen LogP contribution in [0.25, 0.3) is 0 Å². The topological polar surface area (TPSA) is 74.8 Å². The summed E-state index contributed by atoms with van der Waals surface area (Å²) in [5.74, 6) is -1.68. The van der Waals surface area contributed by atoms with E-state index in [-0.39, 0.29) is 52.3 Å². The van der Waals surface area contributed by atoms with Crippen LogP contribution in [0.3, 0.4) is 0 Å². The summed E-state index contributed by atoms with van der Waals surface area (Å²) >= 11 is 6.47. The first kappa shape index (κ1) is 18.8. The first-order valence-electron chi connectivity index (χ1n) is 10.5. The molecule has 4 amide bonds. The molecule has 2 saturated heterocycles. The van der Waals surface area contributed by atoms with E-state index in [0.29, 0.717) is 11.4 Å². The number of carbonyl (C=O) groups excluding carboxylic acids is 4. The Bertz CT molecular complexity index is 881. The molecule has 2 aliphatic heterocycles. The minimum absolute atomic E-state index is 0.164. The third kappa shape index (κ3) is 2.75. The maximum atomic E-state index is 12.8. The van der Waals surface area contributed by atoms with Crippen LogP contribution >= 0.6 is 11.6 Å². The van der Waals surface area contributed by atoms with Crippen LogP contribution in [0.5, 0.6) is 0 Å². The summed E-state index contributed by atoms with van der Waals surface area (Å²) < 4.78 is 0. The molecule has 29 heavy (non-hydrogen) atoms. The molecule has 7 heteroatoms. The second-order valence-electron chi connectivity index (χ2n) is 8.65. The average molecular weight is 415 g/mol. The lowest BCUT2D eigenvalue weighted by Crippen LogP contribution is -2.32. The van der Waals surface area contributed by atoms with Gasteiger partial charge in [-0.2, -0.15) is 0 Å². The van der Waals surface area contributed by atoms with Gasteiger partial charge in [-0.15, -0.1) is 0 Å².